The second-order valence-electron chi connectivity index (χ2n) is 9.81. The van der Waals surface area contributed by atoms with E-state index in [-0.39, 0.29) is 23.1 Å². The number of ketones is 1. The first-order chi connectivity index (χ1) is 16.3. The van der Waals surface area contributed by atoms with Crippen molar-refractivity contribution in [1.29, 1.82) is 0 Å². The minimum Gasteiger partial charge on any atom is -0.497 e. The molecule has 3 aromatic rings. The van der Waals surface area contributed by atoms with Gasteiger partial charge in [-0.05, 0) is 36.5 Å². The zero-order valence-electron chi connectivity index (χ0n) is 19.8. The predicted octanol–water partition coefficient (Wildman–Crippen LogP) is 5.11. The third kappa shape index (κ3) is 3.87. The van der Waals surface area contributed by atoms with E-state index >= 15 is 0 Å². The average Bonchev–Trinajstić information content (AvgIpc) is 3.21. The number of ether oxygens (including phenoxy) is 1. The van der Waals surface area contributed by atoms with Crippen molar-refractivity contribution < 1.29 is 14.3 Å². The second-order valence-corrected chi connectivity index (χ2v) is 9.81. The van der Waals surface area contributed by atoms with Crippen LogP contribution in [-0.2, 0) is 4.79 Å². The summed E-state index contributed by atoms with van der Waals surface area (Å²) >= 11 is 0. The van der Waals surface area contributed by atoms with Crippen LogP contribution in [-0.4, -0.2) is 28.6 Å². The monoisotopic (exact) mass is 456 g/mol. The minimum atomic E-state index is -0.381. The number of hydrogen-bond donors (Lipinski definition) is 2. The van der Waals surface area contributed by atoms with Crippen LogP contribution in [0.15, 0.2) is 66.0 Å². The van der Waals surface area contributed by atoms with Crippen molar-refractivity contribution >= 4 is 23.2 Å². The molecule has 7 heteroatoms. The van der Waals surface area contributed by atoms with Crippen LogP contribution < -0.4 is 15.4 Å². The van der Waals surface area contributed by atoms with E-state index < -0.39 is 0 Å². The number of fused-ring (bicyclic) bond motifs is 1. The molecule has 0 fully saturated rings. The van der Waals surface area contributed by atoms with Gasteiger partial charge in [0, 0.05) is 29.4 Å². The zero-order chi connectivity index (χ0) is 24.0. The van der Waals surface area contributed by atoms with Crippen molar-refractivity contribution in [3.8, 4) is 5.75 Å². The third-order valence-corrected chi connectivity index (χ3v) is 6.47. The SMILES string of the molecule is COc1cccc(NC(=O)c2cnn3c2NC2=C(C(=O)CC(C)(C)C2)[C@H]3c2ccc(C)cc2)c1. The molecule has 2 N–H and O–H groups in total. The van der Waals surface area contributed by atoms with Crippen LogP contribution >= 0.6 is 0 Å². The summed E-state index contributed by atoms with van der Waals surface area (Å²) in [5.74, 6) is 1.09. The highest BCUT2D eigenvalue weighted by Gasteiger charge is 2.42. The second kappa shape index (κ2) is 8.17. The van der Waals surface area contributed by atoms with Crippen LogP contribution in [0.3, 0.4) is 0 Å². The molecule has 1 aromatic heterocycles. The summed E-state index contributed by atoms with van der Waals surface area (Å²) < 4.78 is 7.02. The van der Waals surface area contributed by atoms with Crippen molar-refractivity contribution in [1.82, 2.24) is 9.78 Å². The molecule has 7 nitrogen and oxygen atoms in total. The van der Waals surface area contributed by atoms with E-state index in [4.69, 9.17) is 4.74 Å². The van der Waals surface area contributed by atoms with Crippen LogP contribution in [0, 0.1) is 12.3 Å². The van der Waals surface area contributed by atoms with Crippen LogP contribution in [0.4, 0.5) is 11.5 Å². The molecule has 0 saturated carbocycles. The van der Waals surface area contributed by atoms with Crippen molar-refractivity contribution in [3.63, 3.8) is 0 Å². The summed E-state index contributed by atoms with van der Waals surface area (Å²) in [5.41, 5.74) is 4.60. The summed E-state index contributed by atoms with van der Waals surface area (Å²) in [7, 11) is 1.59. The average molecular weight is 457 g/mol. The lowest BCUT2D eigenvalue weighted by Crippen LogP contribution is -2.37. The van der Waals surface area contributed by atoms with Crippen LogP contribution in [0.5, 0.6) is 5.75 Å². The van der Waals surface area contributed by atoms with E-state index in [1.807, 2.05) is 49.4 Å². The maximum atomic E-state index is 13.3. The Morgan fingerprint density at radius 3 is 2.68 bits per heavy atom. The number of hydrogen-bond acceptors (Lipinski definition) is 5. The Labute approximate surface area is 198 Å². The third-order valence-electron chi connectivity index (χ3n) is 6.47. The van der Waals surface area contributed by atoms with Gasteiger partial charge >= 0.3 is 0 Å². The summed E-state index contributed by atoms with van der Waals surface area (Å²) in [6, 6.07) is 15.0. The molecule has 0 unspecified atom stereocenters. The van der Waals surface area contributed by atoms with Gasteiger partial charge in [-0.2, -0.15) is 5.10 Å². The van der Waals surface area contributed by atoms with Crippen LogP contribution in [0.1, 0.15) is 54.2 Å². The molecular weight excluding hydrogens is 428 g/mol. The number of carbonyl (C=O) groups excluding carboxylic acids is 2. The lowest BCUT2D eigenvalue weighted by Gasteiger charge is -2.39. The molecule has 0 radical (unpaired) electrons. The van der Waals surface area contributed by atoms with Crippen LogP contribution in [0.25, 0.3) is 0 Å². The van der Waals surface area contributed by atoms with Gasteiger partial charge in [-0.1, -0.05) is 49.7 Å². The number of anilines is 2. The largest absolute Gasteiger partial charge is 0.497 e. The van der Waals surface area contributed by atoms with Gasteiger partial charge in [0.15, 0.2) is 5.78 Å². The van der Waals surface area contributed by atoms with Crippen molar-refractivity contribution in [2.24, 2.45) is 5.41 Å². The van der Waals surface area contributed by atoms with Crippen molar-refractivity contribution in [2.75, 3.05) is 17.7 Å². The standard InChI is InChI=1S/C27H28N4O3/c1-16-8-10-17(11-9-16)24-23-21(13-27(2,3)14-22(23)32)30-25-20(15-28-31(24)25)26(33)29-18-6-5-7-19(12-18)34-4/h5-12,15,24,30H,13-14H2,1-4H3,(H,29,33)/t24-/m1/s1. The fraction of sp³-hybridized carbons (Fsp3) is 0.296. The molecule has 2 aliphatic rings. The fourth-order valence-corrected chi connectivity index (χ4v) is 4.83. The molecular formula is C27H28N4O3. The molecule has 0 spiro atoms. The lowest BCUT2D eigenvalue weighted by atomic mass is 9.73. The van der Waals surface area contributed by atoms with Gasteiger partial charge in [0.1, 0.15) is 23.2 Å². The van der Waals surface area contributed by atoms with Crippen molar-refractivity contribution in [2.45, 2.75) is 39.7 Å². The highest BCUT2D eigenvalue weighted by Crippen LogP contribution is 2.46. The Kier molecular flexibility index (Phi) is 5.27. The van der Waals surface area contributed by atoms with Gasteiger partial charge in [0.05, 0.1) is 13.3 Å². The van der Waals surface area contributed by atoms with Gasteiger partial charge in [-0.3, -0.25) is 9.59 Å². The Hall–Kier alpha value is -3.87. The number of benzene rings is 2. The molecule has 5 rings (SSSR count). The Bertz CT molecular complexity index is 1320. The first-order valence-corrected chi connectivity index (χ1v) is 11.4. The number of aryl methyl sites for hydroxylation is 1. The maximum absolute atomic E-state index is 13.3. The number of allylic oxidation sites excluding steroid dienone is 2. The van der Waals surface area contributed by atoms with Gasteiger partial charge in [-0.15, -0.1) is 0 Å². The molecule has 174 valence electrons. The van der Waals surface area contributed by atoms with E-state index in [0.29, 0.717) is 29.2 Å². The first kappa shape index (κ1) is 21.9. The van der Waals surface area contributed by atoms with Gasteiger partial charge in [-0.25, -0.2) is 4.68 Å². The number of aromatic nitrogens is 2. The molecule has 0 bridgehead atoms. The smallest absolute Gasteiger partial charge is 0.261 e. The fourth-order valence-electron chi connectivity index (χ4n) is 4.83. The quantitative estimate of drug-likeness (QED) is 0.570. The Balaban J connectivity index is 1.57. The number of nitrogens with zero attached hydrogens (tertiary/aromatic N) is 2. The Morgan fingerprint density at radius 2 is 1.94 bits per heavy atom. The van der Waals surface area contributed by atoms with E-state index in [1.54, 1.807) is 24.1 Å². The molecule has 2 aromatic carbocycles. The Morgan fingerprint density at radius 1 is 1.18 bits per heavy atom. The molecule has 0 saturated heterocycles. The van der Waals surface area contributed by atoms with E-state index in [2.05, 4.69) is 29.6 Å². The van der Waals surface area contributed by atoms with Gasteiger partial charge in [0.25, 0.3) is 5.91 Å². The molecule has 1 aliphatic carbocycles. The highest BCUT2D eigenvalue weighted by molar-refractivity contribution is 6.08. The summed E-state index contributed by atoms with van der Waals surface area (Å²) in [6.07, 6.45) is 2.77. The normalized spacial score (nSPS) is 18.6. The lowest BCUT2D eigenvalue weighted by molar-refractivity contribution is -0.118. The molecule has 2 heterocycles. The number of nitrogens with one attached hydrogen (secondary N) is 2. The molecule has 1 aliphatic heterocycles. The first-order valence-electron chi connectivity index (χ1n) is 11.4. The van der Waals surface area contributed by atoms with Gasteiger partial charge in [0.2, 0.25) is 0 Å². The maximum Gasteiger partial charge on any atom is 0.261 e. The summed E-state index contributed by atoms with van der Waals surface area (Å²) in [5, 5.41) is 10.9. The molecule has 34 heavy (non-hydrogen) atoms. The summed E-state index contributed by atoms with van der Waals surface area (Å²) in [4.78, 5) is 26.6. The molecule has 1 amide bonds. The van der Waals surface area contributed by atoms with Crippen LogP contribution in [0.2, 0.25) is 0 Å². The number of carbonyl (C=O) groups is 2. The van der Waals surface area contributed by atoms with E-state index in [1.165, 1.54) is 0 Å². The highest BCUT2D eigenvalue weighted by atomic mass is 16.5. The predicted molar refractivity (Wildman–Crippen MR) is 131 cm³/mol. The van der Waals surface area contributed by atoms with E-state index in [0.717, 1.165) is 28.8 Å². The number of rotatable bonds is 4. The minimum absolute atomic E-state index is 0.118. The zero-order valence-corrected chi connectivity index (χ0v) is 19.8. The van der Waals surface area contributed by atoms with E-state index in [9.17, 15) is 9.59 Å². The summed E-state index contributed by atoms with van der Waals surface area (Å²) in [6.45, 7) is 6.23. The number of methoxy groups -OCH3 is 1. The number of amides is 1. The van der Waals surface area contributed by atoms with Gasteiger partial charge < -0.3 is 15.4 Å². The molecule has 1 atom stereocenters. The number of Topliss-reactive ketones (excluding diaryl/α,β-unsaturated/α-hetero) is 1. The topological polar surface area (TPSA) is 85.2 Å². The van der Waals surface area contributed by atoms with Crippen molar-refractivity contribution in [3.05, 3.63) is 82.7 Å².